The number of halogens is 6. The lowest BCUT2D eigenvalue weighted by atomic mass is 9.98. The van der Waals surface area contributed by atoms with Gasteiger partial charge in [0.15, 0.2) is 5.88 Å². The van der Waals surface area contributed by atoms with Crippen LogP contribution >= 0.6 is 69.6 Å². The fourth-order valence-corrected chi connectivity index (χ4v) is 16.2. The number of fused-ring (bicyclic) bond motifs is 3. The Morgan fingerprint density at radius 3 is 1.05 bits per heavy atom. The van der Waals surface area contributed by atoms with Crippen molar-refractivity contribution in [3.8, 4) is 67.9 Å². The summed E-state index contributed by atoms with van der Waals surface area (Å²) < 4.78 is 43.3. The van der Waals surface area contributed by atoms with Gasteiger partial charge in [0.1, 0.15) is 52.0 Å². The Bertz CT molecular complexity index is 4550. The number of hydrogen-bond acceptors (Lipinski definition) is 21. The van der Waals surface area contributed by atoms with E-state index in [1.54, 1.807) is 72.3 Å². The molecule has 6 aromatic carbocycles. The van der Waals surface area contributed by atoms with Crippen LogP contribution in [-0.2, 0) is 43.1 Å². The predicted octanol–water partition coefficient (Wildman–Crippen LogP) is 15.0. The van der Waals surface area contributed by atoms with Crippen LogP contribution in [0.3, 0.4) is 0 Å². The van der Waals surface area contributed by atoms with E-state index in [1.807, 2.05) is 73.3 Å². The van der Waals surface area contributed by atoms with Crippen LogP contribution < -0.4 is 49.7 Å². The molecule has 6 heterocycles. The molecule has 0 unspecified atom stereocenters. The van der Waals surface area contributed by atoms with Crippen molar-refractivity contribution in [3.63, 3.8) is 0 Å². The van der Waals surface area contributed by atoms with E-state index in [0.717, 1.165) is 74.0 Å². The van der Waals surface area contributed by atoms with E-state index >= 15 is 0 Å². The SMILES string of the molecule is C=CC(=O)N[C@H]1CN(C(=C)COC)C[C@H]1Cc1ncc2cc(-c3c(Cl)c(OC)cc(OC)c3Cl)ccc2n1.C=CC(=O)N[C@H]1CN(C(=C)NCC)C[C@H]1Cc1ncc2cc(-c3c(Cl)c(OC)cc(OC)c3Cl)ccc2n1.C=CC(=O)N[C@H]1CN(C(=C)OCC)C[C@H]1Cc1ncc2cc(-c3c(Cl)c(OC)cc(OC)c3Cl)ccc2n1. The topological polar surface area (TPSA) is 260 Å². The summed E-state index contributed by atoms with van der Waals surface area (Å²) in [5, 5.41) is 17.2. The Kier molecular flexibility index (Phi) is 29.9. The minimum Gasteiger partial charge on any atom is -0.495 e. The molecule has 0 radical (unpaired) electrons. The van der Waals surface area contributed by atoms with E-state index in [9.17, 15) is 14.4 Å². The summed E-state index contributed by atoms with van der Waals surface area (Å²) in [4.78, 5) is 70.8. The van der Waals surface area contributed by atoms with Gasteiger partial charge in [0.05, 0.1) is 127 Å². The summed E-state index contributed by atoms with van der Waals surface area (Å²) in [6.07, 6.45) is 11.0. The molecule has 6 atom stereocenters. The van der Waals surface area contributed by atoms with Crippen molar-refractivity contribution in [1.29, 1.82) is 0 Å². The monoisotopic (exact) mass is 1670 g/mol. The molecule has 0 spiro atoms. The number of benzene rings is 6. The van der Waals surface area contributed by atoms with Gasteiger partial charge in [-0.1, -0.05) is 121 Å². The van der Waals surface area contributed by atoms with Crippen LogP contribution in [0.2, 0.25) is 30.1 Å². The predicted molar refractivity (Wildman–Crippen MR) is 452 cm³/mol. The van der Waals surface area contributed by atoms with Gasteiger partial charge in [-0.15, -0.1) is 0 Å². The molecule has 12 rings (SSSR count). The lowest BCUT2D eigenvalue weighted by molar-refractivity contribution is -0.118. The molecule has 600 valence electrons. The zero-order valence-corrected chi connectivity index (χ0v) is 69.4. The quantitative estimate of drug-likeness (QED) is 0.0241. The molecule has 3 aromatic heterocycles. The van der Waals surface area contributed by atoms with E-state index in [2.05, 4.69) is 85.5 Å². The number of nitrogens with zero attached hydrogens (tertiary/aromatic N) is 9. The van der Waals surface area contributed by atoms with Crippen LogP contribution in [0.15, 0.2) is 166 Å². The zero-order chi connectivity index (χ0) is 82.2. The number of nitrogens with one attached hydrogen (secondary N) is 4. The molecular formula is C84H91Cl6N13O11. The normalized spacial score (nSPS) is 16.9. The third kappa shape index (κ3) is 20.1. The Morgan fingerprint density at radius 2 is 0.754 bits per heavy atom. The fourth-order valence-electron chi connectivity index (χ4n) is 14.1. The first kappa shape index (κ1) is 86.1. The van der Waals surface area contributed by atoms with Gasteiger partial charge in [-0.2, -0.15) is 0 Å². The average Bonchev–Trinajstić information content (AvgIpc) is 1.03. The molecule has 3 saturated heterocycles. The molecule has 3 fully saturated rings. The molecule has 30 heteroatoms. The maximum atomic E-state index is 12.1. The van der Waals surface area contributed by atoms with Gasteiger partial charge in [-0.05, 0) is 91.7 Å². The molecule has 0 saturated carbocycles. The van der Waals surface area contributed by atoms with Crippen LogP contribution in [0.25, 0.3) is 66.1 Å². The van der Waals surface area contributed by atoms with Crippen LogP contribution in [0.4, 0.5) is 0 Å². The van der Waals surface area contributed by atoms with E-state index in [4.69, 9.17) is 122 Å². The van der Waals surface area contributed by atoms with Crippen LogP contribution in [0.1, 0.15) is 31.3 Å². The Labute approximate surface area is 693 Å². The number of methoxy groups -OCH3 is 7. The molecular weight excluding hydrogens is 1580 g/mol. The van der Waals surface area contributed by atoms with Crippen molar-refractivity contribution >= 4 is 120 Å². The molecule has 4 N–H and O–H groups in total. The van der Waals surface area contributed by atoms with E-state index < -0.39 is 0 Å². The van der Waals surface area contributed by atoms with Crippen molar-refractivity contribution in [2.24, 2.45) is 17.8 Å². The maximum Gasteiger partial charge on any atom is 0.243 e. The second kappa shape index (κ2) is 39.6. The molecule has 0 aliphatic carbocycles. The highest BCUT2D eigenvalue weighted by Crippen LogP contribution is 2.50. The average molecular weight is 1670 g/mol. The van der Waals surface area contributed by atoms with E-state index in [1.165, 1.54) is 32.4 Å². The van der Waals surface area contributed by atoms with Gasteiger partial charge in [0.2, 0.25) is 17.7 Å². The van der Waals surface area contributed by atoms with Gasteiger partial charge in [-0.3, -0.25) is 14.4 Å². The van der Waals surface area contributed by atoms with Gasteiger partial charge in [0, 0.05) is 165 Å². The number of rotatable bonds is 30. The highest BCUT2D eigenvalue weighted by atomic mass is 35.5. The number of carbonyl (C=O) groups excluding carboxylic acids is 3. The van der Waals surface area contributed by atoms with Crippen molar-refractivity contribution in [1.82, 2.24) is 65.9 Å². The molecule has 9 aromatic rings. The first-order chi connectivity index (χ1) is 54.9. The minimum absolute atomic E-state index is 0.0645. The van der Waals surface area contributed by atoms with Gasteiger partial charge >= 0.3 is 0 Å². The third-order valence-electron chi connectivity index (χ3n) is 19.9. The number of aromatic nitrogens is 6. The van der Waals surface area contributed by atoms with Crippen LogP contribution in [-0.4, -0.2) is 189 Å². The van der Waals surface area contributed by atoms with Crippen molar-refractivity contribution in [2.75, 3.05) is 109 Å². The fraction of sp³-hybridized carbons (Fsp3) is 0.321. The summed E-state index contributed by atoms with van der Waals surface area (Å²) in [5.74, 6) is 5.91. The molecule has 3 amide bonds. The van der Waals surface area contributed by atoms with Gasteiger partial charge in [-0.25, -0.2) is 29.9 Å². The Balaban J connectivity index is 0.000000181. The summed E-state index contributed by atoms with van der Waals surface area (Å²) in [7, 11) is 10.9. The van der Waals surface area contributed by atoms with Crippen molar-refractivity contribution in [2.45, 2.75) is 51.2 Å². The van der Waals surface area contributed by atoms with Crippen molar-refractivity contribution < 1.29 is 52.3 Å². The largest absolute Gasteiger partial charge is 0.495 e. The zero-order valence-electron chi connectivity index (χ0n) is 64.9. The van der Waals surface area contributed by atoms with Gasteiger partial charge < -0.3 is 73.9 Å². The standard InChI is InChI=1S/C28H31Cl2N5O3.2C28H30Cl2N4O4/c1-6-25(36)34-21-15-35(16(3)31-7-2)14-19(21)11-24-32-13-18-10-17(8-9-20(18)33-24)26-27(29)22(37-4)12-23(38-5)28(26)30;1-6-25(35)33-21-14-34(16(2)15-36-3)13-19(21)10-24-31-12-18-9-17(7-8-20(18)32-24)26-27(29)22(37-4)11-23(38-5)28(26)30;1-6-25(35)33-21-15-34(16(3)38-7-2)14-19(21)11-24-31-13-18-10-17(8-9-20(18)32-24)26-27(29)22(36-4)12-23(37-5)28(26)30/h6,8-10,12-13,19,21,31H,1,3,7,11,14-15H2,2,4-5H3,(H,34,36);6-9,11-12,19,21H,1-2,10,13-15H2,3-5H3,(H,33,35);6,8-10,12-13,19,21H,1,3,7,11,14-15H2,2,4-5H3,(H,33,35)/t3*19-,21+/m111/s1. The highest BCUT2D eigenvalue weighted by molar-refractivity contribution is 6.42. The number of ether oxygens (including phenoxy) is 8. The first-order valence-electron chi connectivity index (χ1n) is 36.4. The summed E-state index contributed by atoms with van der Waals surface area (Å²) in [6.45, 7) is 32.6. The van der Waals surface area contributed by atoms with E-state index in [0.29, 0.717) is 170 Å². The molecule has 3 aliphatic rings. The minimum atomic E-state index is -0.220. The summed E-state index contributed by atoms with van der Waals surface area (Å²) in [6, 6.07) is 21.9. The van der Waals surface area contributed by atoms with Crippen LogP contribution in [0, 0.1) is 17.8 Å². The van der Waals surface area contributed by atoms with E-state index in [-0.39, 0.29) is 53.6 Å². The lowest BCUT2D eigenvalue weighted by Gasteiger charge is -2.21. The Hall–Kier alpha value is -10.3. The smallest absolute Gasteiger partial charge is 0.243 e. The molecule has 114 heavy (non-hydrogen) atoms. The number of hydrogen-bond donors (Lipinski definition) is 4. The molecule has 3 aliphatic heterocycles. The molecule has 0 bridgehead atoms. The number of amides is 3. The maximum absolute atomic E-state index is 12.1. The number of likely N-dealkylation sites (tertiary alicyclic amines) is 3. The van der Waals surface area contributed by atoms with Crippen molar-refractivity contribution in [3.05, 3.63) is 214 Å². The third-order valence-corrected chi connectivity index (χ3v) is 22.1. The molecule has 24 nitrogen and oxygen atoms in total. The Morgan fingerprint density at radius 1 is 0.447 bits per heavy atom. The lowest BCUT2D eigenvalue weighted by Crippen LogP contribution is -2.40. The highest BCUT2D eigenvalue weighted by Gasteiger charge is 2.38. The van der Waals surface area contributed by atoms with Gasteiger partial charge in [0.25, 0.3) is 0 Å². The second-order valence-corrected chi connectivity index (χ2v) is 29.2. The number of carbonyl (C=O) groups is 3. The first-order valence-corrected chi connectivity index (χ1v) is 38.7. The van der Waals surface area contributed by atoms with Crippen LogP contribution in [0.5, 0.6) is 34.5 Å². The summed E-state index contributed by atoms with van der Waals surface area (Å²) >= 11 is 39.7. The second-order valence-electron chi connectivity index (χ2n) is 26.9. The summed E-state index contributed by atoms with van der Waals surface area (Å²) in [5.41, 5.74) is 7.42.